The molecule has 0 saturated heterocycles. The first-order valence-electron chi connectivity index (χ1n) is 10.3. The number of methoxy groups -OCH3 is 3. The summed E-state index contributed by atoms with van der Waals surface area (Å²) < 4.78 is 22.8. The standard InChI is InChI=1S/C24H34O5/c1-15-9-8-11-23(3,16(15)2)13-14-24(4)12-10-17-18(25)20(26-5)22(28-7)21(27-6)19(17)29-24/h9-10,12,16,25H,8,11,13-14H2,1-7H3/t16-,23-,24?/m1/s1. The molecule has 0 spiro atoms. The molecule has 1 aromatic rings. The average Bonchev–Trinajstić information content (AvgIpc) is 2.70. The zero-order chi connectivity index (χ0) is 21.4. The zero-order valence-electron chi connectivity index (χ0n) is 18.7. The summed E-state index contributed by atoms with van der Waals surface area (Å²) in [6, 6.07) is 0. The Balaban J connectivity index is 1.91. The molecule has 2 aliphatic rings. The summed E-state index contributed by atoms with van der Waals surface area (Å²) in [7, 11) is 4.57. The minimum atomic E-state index is -0.496. The van der Waals surface area contributed by atoms with Crippen LogP contribution in [0.2, 0.25) is 0 Å². The predicted octanol–water partition coefficient (Wildman–Crippen LogP) is 5.75. The molecule has 0 fully saturated rings. The lowest BCUT2D eigenvalue weighted by Gasteiger charge is -2.42. The van der Waals surface area contributed by atoms with Crippen LogP contribution in [0.15, 0.2) is 17.7 Å². The van der Waals surface area contributed by atoms with Crippen molar-refractivity contribution >= 4 is 6.08 Å². The van der Waals surface area contributed by atoms with Gasteiger partial charge in [-0.05, 0) is 63.0 Å². The van der Waals surface area contributed by atoms with Crippen LogP contribution in [0.4, 0.5) is 0 Å². The Morgan fingerprint density at radius 3 is 2.34 bits per heavy atom. The largest absolute Gasteiger partial charge is 0.504 e. The fourth-order valence-electron chi connectivity index (χ4n) is 4.59. The second-order valence-corrected chi connectivity index (χ2v) is 8.80. The van der Waals surface area contributed by atoms with E-state index in [1.165, 1.54) is 26.2 Å². The molecular formula is C24H34O5. The molecule has 3 atom stereocenters. The van der Waals surface area contributed by atoms with Crippen molar-refractivity contribution in [1.29, 1.82) is 0 Å². The van der Waals surface area contributed by atoms with Crippen LogP contribution in [0.25, 0.3) is 6.08 Å². The van der Waals surface area contributed by atoms with Crippen LogP contribution in [0.1, 0.15) is 58.9 Å². The van der Waals surface area contributed by atoms with Crippen LogP contribution in [0.3, 0.4) is 0 Å². The SMILES string of the molecule is COc1c(O)c2c(c(OC)c1OC)OC(C)(CC[C@@]1(C)CCC=C(C)[C@H]1C)C=C2. The topological polar surface area (TPSA) is 57.2 Å². The van der Waals surface area contributed by atoms with Gasteiger partial charge in [0.25, 0.3) is 0 Å². The Bertz CT molecular complexity index is 840. The minimum Gasteiger partial charge on any atom is -0.504 e. The van der Waals surface area contributed by atoms with Gasteiger partial charge in [-0.1, -0.05) is 25.5 Å². The molecule has 5 nitrogen and oxygen atoms in total. The summed E-state index contributed by atoms with van der Waals surface area (Å²) in [5.41, 5.74) is 1.79. The summed E-state index contributed by atoms with van der Waals surface area (Å²) in [6.07, 6.45) is 10.6. The first-order valence-corrected chi connectivity index (χ1v) is 10.3. The van der Waals surface area contributed by atoms with Crippen LogP contribution >= 0.6 is 0 Å². The first kappa shape index (κ1) is 21.4. The molecule has 0 radical (unpaired) electrons. The molecule has 1 heterocycles. The maximum Gasteiger partial charge on any atom is 0.211 e. The third kappa shape index (κ3) is 3.67. The van der Waals surface area contributed by atoms with Crippen LogP contribution in [-0.2, 0) is 0 Å². The number of hydrogen-bond donors (Lipinski definition) is 1. The van der Waals surface area contributed by atoms with Crippen molar-refractivity contribution in [2.24, 2.45) is 11.3 Å². The Morgan fingerprint density at radius 1 is 1.07 bits per heavy atom. The molecule has 0 saturated carbocycles. The van der Waals surface area contributed by atoms with Crippen molar-refractivity contribution in [3.63, 3.8) is 0 Å². The van der Waals surface area contributed by atoms with Crippen LogP contribution < -0.4 is 18.9 Å². The molecule has 1 aliphatic carbocycles. The van der Waals surface area contributed by atoms with Gasteiger partial charge in [0, 0.05) is 0 Å². The van der Waals surface area contributed by atoms with Gasteiger partial charge in [-0.25, -0.2) is 0 Å². The van der Waals surface area contributed by atoms with Crippen molar-refractivity contribution < 1.29 is 24.1 Å². The monoisotopic (exact) mass is 402 g/mol. The Hall–Kier alpha value is -2.30. The molecule has 1 unspecified atom stereocenters. The van der Waals surface area contributed by atoms with Gasteiger partial charge in [-0.2, -0.15) is 0 Å². The molecule has 0 amide bonds. The Labute approximate surface area is 174 Å². The minimum absolute atomic E-state index is 0.00734. The lowest BCUT2D eigenvalue weighted by atomic mass is 9.65. The summed E-state index contributed by atoms with van der Waals surface area (Å²) in [6.45, 7) is 9.04. The van der Waals surface area contributed by atoms with Crippen molar-refractivity contribution in [3.8, 4) is 28.7 Å². The van der Waals surface area contributed by atoms with Gasteiger partial charge in [-0.15, -0.1) is 0 Å². The van der Waals surface area contributed by atoms with E-state index in [2.05, 4.69) is 33.8 Å². The van der Waals surface area contributed by atoms with E-state index < -0.39 is 5.60 Å². The Kier molecular flexibility index (Phi) is 5.79. The third-order valence-electron chi connectivity index (χ3n) is 6.99. The highest BCUT2D eigenvalue weighted by Gasteiger charge is 2.39. The summed E-state index contributed by atoms with van der Waals surface area (Å²) in [4.78, 5) is 0. The highest BCUT2D eigenvalue weighted by molar-refractivity contribution is 5.79. The number of phenols is 1. The molecule has 3 rings (SSSR count). The van der Waals surface area contributed by atoms with Gasteiger partial charge in [0.05, 0.1) is 26.9 Å². The maximum absolute atomic E-state index is 10.7. The van der Waals surface area contributed by atoms with Crippen molar-refractivity contribution in [3.05, 3.63) is 23.3 Å². The molecule has 1 aliphatic heterocycles. The highest BCUT2D eigenvalue weighted by Crippen LogP contribution is 2.56. The lowest BCUT2D eigenvalue weighted by Crippen LogP contribution is -2.36. The fraction of sp³-hybridized carbons (Fsp3) is 0.583. The van der Waals surface area contributed by atoms with Crippen molar-refractivity contribution in [2.75, 3.05) is 21.3 Å². The molecule has 0 aromatic heterocycles. The van der Waals surface area contributed by atoms with Gasteiger partial charge in [0.1, 0.15) is 5.60 Å². The fourth-order valence-corrected chi connectivity index (χ4v) is 4.59. The molecule has 1 N–H and O–H groups in total. The smallest absolute Gasteiger partial charge is 0.211 e. The summed E-state index contributed by atoms with van der Waals surface area (Å²) in [5.74, 6) is 2.05. The van der Waals surface area contributed by atoms with E-state index in [1.54, 1.807) is 7.11 Å². The molecule has 1 aromatic carbocycles. The number of aromatic hydroxyl groups is 1. The number of benzene rings is 1. The number of phenolic OH excluding ortho intramolecular Hbond substituents is 1. The molecule has 160 valence electrons. The van der Waals surface area contributed by atoms with Gasteiger partial charge in [-0.3, -0.25) is 0 Å². The molecular weight excluding hydrogens is 368 g/mol. The van der Waals surface area contributed by atoms with Crippen LogP contribution in [0.5, 0.6) is 28.7 Å². The van der Waals surface area contributed by atoms with Crippen molar-refractivity contribution in [2.45, 2.75) is 59.0 Å². The van der Waals surface area contributed by atoms with Crippen molar-refractivity contribution in [1.82, 2.24) is 0 Å². The van der Waals surface area contributed by atoms with Crippen LogP contribution in [-0.4, -0.2) is 32.0 Å². The average molecular weight is 403 g/mol. The normalized spacial score (nSPS) is 28.2. The van der Waals surface area contributed by atoms with E-state index >= 15 is 0 Å². The molecule has 5 heteroatoms. The van der Waals surface area contributed by atoms with E-state index in [-0.39, 0.29) is 16.9 Å². The Morgan fingerprint density at radius 2 is 1.72 bits per heavy atom. The van der Waals surface area contributed by atoms with E-state index in [9.17, 15) is 5.11 Å². The van der Waals surface area contributed by atoms with E-state index in [0.717, 1.165) is 19.3 Å². The number of allylic oxidation sites excluding steroid dienone is 2. The predicted molar refractivity (Wildman–Crippen MR) is 115 cm³/mol. The van der Waals surface area contributed by atoms with E-state index in [0.29, 0.717) is 28.7 Å². The van der Waals surface area contributed by atoms with Gasteiger partial charge in [0.15, 0.2) is 11.5 Å². The first-order chi connectivity index (χ1) is 13.7. The maximum atomic E-state index is 10.7. The quantitative estimate of drug-likeness (QED) is 0.615. The van der Waals surface area contributed by atoms with Crippen LogP contribution in [0, 0.1) is 11.3 Å². The third-order valence-corrected chi connectivity index (χ3v) is 6.99. The molecule has 29 heavy (non-hydrogen) atoms. The summed E-state index contributed by atoms with van der Waals surface area (Å²) in [5, 5.41) is 10.7. The van der Waals surface area contributed by atoms with Gasteiger partial charge >= 0.3 is 0 Å². The number of rotatable bonds is 6. The number of hydrogen-bond acceptors (Lipinski definition) is 5. The highest BCUT2D eigenvalue weighted by atomic mass is 16.6. The summed E-state index contributed by atoms with van der Waals surface area (Å²) >= 11 is 0. The van der Waals surface area contributed by atoms with Gasteiger partial charge in [0.2, 0.25) is 17.2 Å². The van der Waals surface area contributed by atoms with Gasteiger partial charge < -0.3 is 24.1 Å². The lowest BCUT2D eigenvalue weighted by molar-refractivity contribution is 0.0833. The number of ether oxygens (including phenoxy) is 4. The van der Waals surface area contributed by atoms with E-state index in [4.69, 9.17) is 18.9 Å². The van der Waals surface area contributed by atoms with E-state index in [1.807, 2.05) is 12.2 Å². The number of fused-ring (bicyclic) bond motifs is 1. The second-order valence-electron chi connectivity index (χ2n) is 8.80. The second kappa shape index (κ2) is 7.85. The molecule has 0 bridgehead atoms. The zero-order valence-corrected chi connectivity index (χ0v) is 18.7.